The van der Waals surface area contributed by atoms with Gasteiger partial charge in [0.2, 0.25) is 5.91 Å². The van der Waals surface area contributed by atoms with E-state index in [-0.39, 0.29) is 17.9 Å². The number of aromatic nitrogens is 1. The Morgan fingerprint density at radius 1 is 1.23 bits per heavy atom. The fourth-order valence-corrected chi connectivity index (χ4v) is 3.23. The predicted octanol–water partition coefficient (Wildman–Crippen LogP) is 1.50. The number of carbonyl (C=O) groups is 4. The van der Waals surface area contributed by atoms with Crippen LogP contribution in [0.1, 0.15) is 22.3 Å². The zero-order valence-electron chi connectivity index (χ0n) is 15.7. The van der Waals surface area contributed by atoms with Gasteiger partial charge in [0.05, 0.1) is 19.7 Å². The highest BCUT2D eigenvalue weighted by Gasteiger charge is 2.34. The second kappa shape index (κ2) is 9.65. The molecular weight excluding hydrogens is 412 g/mol. The number of carbonyl (C=O) groups excluding carboxylic acids is 4. The number of nitrogens with one attached hydrogen (secondary N) is 2. The summed E-state index contributed by atoms with van der Waals surface area (Å²) in [4.78, 5) is 50.6. The molecule has 1 unspecified atom stereocenters. The number of methoxy groups -OCH3 is 1. The third-order valence-corrected chi connectivity index (χ3v) is 4.83. The van der Waals surface area contributed by atoms with Crippen LogP contribution in [-0.2, 0) is 9.59 Å². The maximum Gasteiger partial charge on any atom is 0.312 e. The lowest BCUT2D eigenvalue weighted by atomic mass is 10.2. The summed E-state index contributed by atoms with van der Waals surface area (Å²) < 4.78 is 10.5. The molecule has 3 amide bonds. The van der Waals surface area contributed by atoms with Crippen LogP contribution in [0.2, 0.25) is 0 Å². The number of benzene rings is 1. The number of imide groups is 1. The minimum absolute atomic E-state index is 0.148. The van der Waals surface area contributed by atoms with Crippen molar-refractivity contribution >= 4 is 41.0 Å². The topological polar surface area (TPSA) is 136 Å². The van der Waals surface area contributed by atoms with Crippen molar-refractivity contribution in [2.75, 3.05) is 7.11 Å². The van der Waals surface area contributed by atoms with E-state index in [9.17, 15) is 19.2 Å². The van der Waals surface area contributed by atoms with Gasteiger partial charge in [-0.15, -0.1) is 0 Å². The van der Waals surface area contributed by atoms with Gasteiger partial charge in [-0.2, -0.15) is 5.10 Å². The Bertz CT molecular complexity index is 1010. The van der Waals surface area contributed by atoms with Crippen molar-refractivity contribution in [2.45, 2.75) is 11.7 Å². The second-order valence-electron chi connectivity index (χ2n) is 5.91. The van der Waals surface area contributed by atoms with Crippen molar-refractivity contribution in [3.8, 4) is 11.5 Å². The smallest absolute Gasteiger partial charge is 0.312 e. The molecule has 0 bridgehead atoms. The minimum Gasteiger partial charge on any atom is -0.493 e. The largest absolute Gasteiger partial charge is 0.493 e. The van der Waals surface area contributed by atoms with Crippen LogP contribution >= 0.6 is 11.8 Å². The number of hydrogen-bond donors (Lipinski definition) is 2. The number of hydrogen-bond acceptors (Lipinski definition) is 9. The van der Waals surface area contributed by atoms with Gasteiger partial charge in [0, 0.05) is 18.0 Å². The molecule has 0 radical (unpaired) electrons. The third kappa shape index (κ3) is 5.41. The van der Waals surface area contributed by atoms with Crippen molar-refractivity contribution in [1.82, 2.24) is 15.7 Å². The first-order valence-electron chi connectivity index (χ1n) is 8.60. The summed E-state index contributed by atoms with van der Waals surface area (Å²) in [6, 6.07) is 7.77. The first kappa shape index (κ1) is 21.0. The fraction of sp³-hybridized carbons (Fsp3) is 0.158. The summed E-state index contributed by atoms with van der Waals surface area (Å²) in [6.45, 7) is 0. The van der Waals surface area contributed by atoms with E-state index in [1.54, 1.807) is 24.3 Å². The molecule has 1 aromatic carbocycles. The SMILES string of the molecule is COc1cc(/C=N/NC(=O)c2ccncc2)ccc1OC(=O)CC1SC(=O)NC1=O. The molecule has 1 saturated heterocycles. The Morgan fingerprint density at radius 3 is 2.67 bits per heavy atom. The Morgan fingerprint density at radius 2 is 2.00 bits per heavy atom. The Hall–Kier alpha value is -3.73. The molecule has 1 fully saturated rings. The van der Waals surface area contributed by atoms with Crippen molar-refractivity contribution < 1.29 is 28.7 Å². The van der Waals surface area contributed by atoms with Crippen molar-refractivity contribution in [3.05, 3.63) is 53.9 Å². The maximum absolute atomic E-state index is 12.1. The van der Waals surface area contributed by atoms with Gasteiger partial charge in [-0.05, 0) is 35.9 Å². The maximum atomic E-state index is 12.1. The van der Waals surface area contributed by atoms with Crippen LogP contribution < -0.4 is 20.2 Å². The third-order valence-electron chi connectivity index (χ3n) is 3.85. The summed E-state index contributed by atoms with van der Waals surface area (Å²) in [5, 5.41) is 4.69. The van der Waals surface area contributed by atoms with E-state index < -0.39 is 28.3 Å². The zero-order valence-corrected chi connectivity index (χ0v) is 16.5. The number of esters is 1. The minimum atomic E-state index is -0.814. The number of hydrazone groups is 1. The lowest BCUT2D eigenvalue weighted by Gasteiger charge is -2.10. The van der Waals surface area contributed by atoms with Crippen LogP contribution in [0.4, 0.5) is 4.79 Å². The Labute approximate surface area is 175 Å². The molecule has 1 aromatic heterocycles. The Kier molecular flexibility index (Phi) is 6.75. The number of ether oxygens (including phenoxy) is 2. The molecule has 0 aliphatic carbocycles. The molecule has 1 atom stereocenters. The average molecular weight is 428 g/mol. The molecule has 30 heavy (non-hydrogen) atoms. The molecule has 3 rings (SSSR count). The van der Waals surface area contributed by atoms with Gasteiger partial charge in [0.15, 0.2) is 11.5 Å². The van der Waals surface area contributed by atoms with Crippen LogP contribution in [-0.4, -0.2) is 46.6 Å². The molecule has 2 heterocycles. The summed E-state index contributed by atoms with van der Waals surface area (Å²) in [5.74, 6) is -1.18. The summed E-state index contributed by atoms with van der Waals surface area (Å²) >= 11 is 0.748. The van der Waals surface area contributed by atoms with E-state index in [4.69, 9.17) is 9.47 Å². The van der Waals surface area contributed by atoms with Crippen molar-refractivity contribution in [1.29, 1.82) is 0 Å². The molecule has 2 N–H and O–H groups in total. The predicted molar refractivity (Wildman–Crippen MR) is 107 cm³/mol. The van der Waals surface area contributed by atoms with Crippen molar-refractivity contribution in [2.24, 2.45) is 5.10 Å². The van der Waals surface area contributed by atoms with Gasteiger partial charge < -0.3 is 9.47 Å². The summed E-state index contributed by atoms with van der Waals surface area (Å²) in [5.41, 5.74) is 3.38. The van der Waals surface area contributed by atoms with E-state index in [1.807, 2.05) is 0 Å². The molecule has 11 heteroatoms. The number of pyridine rings is 1. The van der Waals surface area contributed by atoms with Crippen LogP contribution in [0.25, 0.3) is 0 Å². The van der Waals surface area contributed by atoms with Gasteiger partial charge in [-0.3, -0.25) is 29.5 Å². The molecule has 0 spiro atoms. The van der Waals surface area contributed by atoms with E-state index in [0.29, 0.717) is 11.1 Å². The second-order valence-corrected chi connectivity index (χ2v) is 7.08. The van der Waals surface area contributed by atoms with E-state index >= 15 is 0 Å². The molecule has 2 aromatic rings. The van der Waals surface area contributed by atoms with Gasteiger partial charge >= 0.3 is 5.97 Å². The number of amides is 3. The average Bonchev–Trinajstić information content (AvgIpc) is 3.05. The number of thioether (sulfide) groups is 1. The standard InChI is InChI=1S/C19H16N4O6S/c1-28-14-8-11(10-21-23-17(25)12-4-6-20-7-5-12)2-3-13(14)29-16(24)9-15-18(26)22-19(27)30-15/h2-8,10,15H,9H2,1H3,(H,23,25)(H,22,26,27)/b21-10+. The van der Waals surface area contributed by atoms with E-state index in [1.165, 1.54) is 31.8 Å². The van der Waals surface area contributed by atoms with Crippen LogP contribution in [0.3, 0.4) is 0 Å². The highest BCUT2D eigenvalue weighted by molar-refractivity contribution is 8.15. The molecule has 154 valence electrons. The van der Waals surface area contributed by atoms with Crippen LogP contribution in [0.15, 0.2) is 47.8 Å². The number of rotatable bonds is 7. The molecule has 0 saturated carbocycles. The van der Waals surface area contributed by atoms with E-state index in [0.717, 1.165) is 11.8 Å². The lowest BCUT2D eigenvalue weighted by molar-refractivity contribution is -0.136. The van der Waals surface area contributed by atoms with Gasteiger partial charge in [-0.1, -0.05) is 11.8 Å². The van der Waals surface area contributed by atoms with Crippen LogP contribution in [0.5, 0.6) is 11.5 Å². The summed E-state index contributed by atoms with van der Waals surface area (Å²) in [6.07, 6.45) is 4.15. The zero-order chi connectivity index (χ0) is 21.5. The lowest BCUT2D eigenvalue weighted by Crippen LogP contribution is -2.27. The molecule has 10 nitrogen and oxygen atoms in total. The van der Waals surface area contributed by atoms with Crippen molar-refractivity contribution in [3.63, 3.8) is 0 Å². The highest BCUT2D eigenvalue weighted by atomic mass is 32.2. The Balaban J connectivity index is 1.60. The fourth-order valence-electron chi connectivity index (χ4n) is 2.43. The molecule has 1 aliphatic heterocycles. The van der Waals surface area contributed by atoms with Gasteiger partial charge in [0.25, 0.3) is 11.1 Å². The normalized spacial score (nSPS) is 15.7. The highest BCUT2D eigenvalue weighted by Crippen LogP contribution is 2.29. The summed E-state index contributed by atoms with van der Waals surface area (Å²) in [7, 11) is 1.40. The number of nitrogens with zero attached hydrogens (tertiary/aromatic N) is 2. The van der Waals surface area contributed by atoms with Gasteiger partial charge in [0.1, 0.15) is 5.25 Å². The first-order chi connectivity index (χ1) is 14.5. The monoisotopic (exact) mass is 428 g/mol. The van der Waals surface area contributed by atoms with Crippen LogP contribution in [0, 0.1) is 0 Å². The first-order valence-corrected chi connectivity index (χ1v) is 9.48. The quantitative estimate of drug-likeness (QED) is 0.293. The molecular formula is C19H16N4O6S. The van der Waals surface area contributed by atoms with E-state index in [2.05, 4.69) is 20.8 Å². The molecule has 1 aliphatic rings. The van der Waals surface area contributed by atoms with Gasteiger partial charge in [-0.25, -0.2) is 5.43 Å².